The minimum absolute atomic E-state index is 0. The summed E-state index contributed by atoms with van der Waals surface area (Å²) in [4.78, 5) is 7.08. The van der Waals surface area contributed by atoms with Crippen molar-refractivity contribution >= 4 is 34.9 Å². The van der Waals surface area contributed by atoms with Crippen molar-refractivity contribution in [3.8, 4) is 0 Å². The zero-order chi connectivity index (χ0) is 14.7. The van der Waals surface area contributed by atoms with Crippen molar-refractivity contribution in [2.75, 3.05) is 26.7 Å². The molecule has 0 aliphatic carbocycles. The number of rotatable bonds is 4. The number of nitrogens with one attached hydrogen (secondary N) is 1. The van der Waals surface area contributed by atoms with Crippen molar-refractivity contribution in [2.24, 2.45) is 5.92 Å². The topological polar surface area (TPSA) is 28.2 Å². The zero-order valence-electron chi connectivity index (χ0n) is 12.9. The molecule has 5 heteroatoms. The van der Waals surface area contributed by atoms with Crippen LogP contribution in [0.5, 0.6) is 0 Å². The Balaban J connectivity index is 0.00000176. The highest BCUT2D eigenvalue weighted by molar-refractivity contribution is 6.35. The van der Waals surface area contributed by atoms with Crippen molar-refractivity contribution < 1.29 is 0 Å². The Morgan fingerprint density at radius 1 is 1.36 bits per heavy atom. The number of hydrogen-bond acceptors (Lipinski definition) is 3. The van der Waals surface area contributed by atoms with Crippen LogP contribution in [0, 0.1) is 5.92 Å². The van der Waals surface area contributed by atoms with Crippen molar-refractivity contribution in [2.45, 2.75) is 19.4 Å². The molecule has 0 saturated carbocycles. The lowest BCUT2D eigenvalue weighted by molar-refractivity contribution is 0.167. The number of fused-ring (bicyclic) bond motifs is 1. The molecule has 3 rings (SSSR count). The van der Waals surface area contributed by atoms with Crippen LogP contribution in [0.2, 0.25) is 5.02 Å². The average Bonchev–Trinajstić information content (AvgIpc) is 2.51. The Kier molecular flexibility index (Phi) is 6.45. The van der Waals surface area contributed by atoms with E-state index in [2.05, 4.69) is 21.3 Å². The normalized spacial score (nSPS) is 19.1. The number of likely N-dealkylation sites (tertiary alicyclic amines) is 1. The van der Waals surface area contributed by atoms with Crippen LogP contribution in [0.4, 0.5) is 0 Å². The van der Waals surface area contributed by atoms with Gasteiger partial charge in [-0.05, 0) is 62.7 Å². The summed E-state index contributed by atoms with van der Waals surface area (Å²) >= 11 is 6.27. The second-order valence-electron chi connectivity index (χ2n) is 5.91. The van der Waals surface area contributed by atoms with Gasteiger partial charge in [0.05, 0.1) is 5.52 Å². The van der Waals surface area contributed by atoms with Gasteiger partial charge in [-0.2, -0.15) is 0 Å². The third-order valence-corrected chi connectivity index (χ3v) is 4.62. The molecule has 0 bridgehead atoms. The fraction of sp³-hybridized carbons (Fsp3) is 0.471. The molecule has 1 atom stereocenters. The van der Waals surface area contributed by atoms with Crippen LogP contribution in [0.1, 0.15) is 18.4 Å². The van der Waals surface area contributed by atoms with Crippen LogP contribution < -0.4 is 5.32 Å². The van der Waals surface area contributed by atoms with Crippen LogP contribution in [-0.2, 0) is 6.54 Å². The molecule has 2 heterocycles. The molecule has 0 amide bonds. The van der Waals surface area contributed by atoms with E-state index < -0.39 is 0 Å². The van der Waals surface area contributed by atoms with E-state index in [0.29, 0.717) is 0 Å². The minimum Gasteiger partial charge on any atom is -0.319 e. The largest absolute Gasteiger partial charge is 0.319 e. The van der Waals surface area contributed by atoms with Crippen molar-refractivity contribution in [1.82, 2.24) is 15.2 Å². The molecule has 1 saturated heterocycles. The smallest absolute Gasteiger partial charge is 0.0761 e. The van der Waals surface area contributed by atoms with Crippen molar-refractivity contribution in [1.29, 1.82) is 0 Å². The first-order valence-corrected chi connectivity index (χ1v) is 8.05. The summed E-state index contributed by atoms with van der Waals surface area (Å²) in [5.41, 5.74) is 2.32. The van der Waals surface area contributed by atoms with Gasteiger partial charge in [0.25, 0.3) is 0 Å². The monoisotopic (exact) mass is 339 g/mol. The van der Waals surface area contributed by atoms with Crippen LogP contribution in [0.3, 0.4) is 0 Å². The Morgan fingerprint density at radius 2 is 2.23 bits per heavy atom. The summed E-state index contributed by atoms with van der Waals surface area (Å²) in [5.74, 6) is 0.760. The van der Waals surface area contributed by atoms with E-state index in [1.807, 2.05) is 31.4 Å². The van der Waals surface area contributed by atoms with E-state index in [1.165, 1.54) is 24.9 Å². The first-order chi connectivity index (χ1) is 10.3. The molecular weight excluding hydrogens is 317 g/mol. The molecular formula is C17H23Cl2N3. The predicted octanol–water partition coefficient (Wildman–Crippen LogP) is 3.74. The molecule has 1 fully saturated rings. The van der Waals surface area contributed by atoms with Gasteiger partial charge in [0.1, 0.15) is 0 Å². The maximum Gasteiger partial charge on any atom is 0.0761 e. The molecule has 1 unspecified atom stereocenters. The number of halogens is 2. The molecule has 0 spiro atoms. The van der Waals surface area contributed by atoms with Gasteiger partial charge in [0.2, 0.25) is 0 Å². The van der Waals surface area contributed by atoms with E-state index in [1.54, 1.807) is 0 Å². The van der Waals surface area contributed by atoms with Crippen LogP contribution >= 0.6 is 24.0 Å². The summed E-state index contributed by atoms with van der Waals surface area (Å²) in [6.45, 7) is 4.41. The molecule has 1 aliphatic heterocycles. The molecule has 0 radical (unpaired) electrons. The van der Waals surface area contributed by atoms with Gasteiger partial charge in [-0.1, -0.05) is 17.7 Å². The van der Waals surface area contributed by atoms with Gasteiger partial charge >= 0.3 is 0 Å². The van der Waals surface area contributed by atoms with Crippen molar-refractivity contribution in [3.05, 3.63) is 41.0 Å². The van der Waals surface area contributed by atoms with E-state index >= 15 is 0 Å². The van der Waals surface area contributed by atoms with Gasteiger partial charge < -0.3 is 5.32 Å². The fourth-order valence-electron chi connectivity index (χ4n) is 3.32. The number of piperidine rings is 1. The molecule has 3 nitrogen and oxygen atoms in total. The number of hydrogen-bond donors (Lipinski definition) is 1. The number of benzene rings is 1. The lowest BCUT2D eigenvalue weighted by Crippen LogP contribution is -2.38. The van der Waals surface area contributed by atoms with Gasteiger partial charge in [-0.15, -0.1) is 12.4 Å². The summed E-state index contributed by atoms with van der Waals surface area (Å²) < 4.78 is 0. The highest BCUT2D eigenvalue weighted by atomic mass is 35.5. The van der Waals surface area contributed by atoms with E-state index in [-0.39, 0.29) is 12.4 Å². The van der Waals surface area contributed by atoms with Crippen molar-refractivity contribution in [3.63, 3.8) is 0 Å². The Bertz CT molecular complexity index is 616. The van der Waals surface area contributed by atoms with Crippen LogP contribution in [-0.4, -0.2) is 36.6 Å². The number of aromatic nitrogens is 1. The molecule has 2 aromatic rings. The summed E-state index contributed by atoms with van der Waals surface area (Å²) in [6, 6.07) is 8.12. The second-order valence-corrected chi connectivity index (χ2v) is 6.31. The average molecular weight is 340 g/mol. The summed E-state index contributed by atoms with van der Waals surface area (Å²) in [5, 5.41) is 5.14. The molecule has 1 N–H and O–H groups in total. The highest BCUT2D eigenvalue weighted by Gasteiger charge is 2.20. The lowest BCUT2D eigenvalue weighted by Gasteiger charge is -2.32. The fourth-order valence-corrected chi connectivity index (χ4v) is 3.53. The quantitative estimate of drug-likeness (QED) is 0.919. The third-order valence-electron chi connectivity index (χ3n) is 4.29. The summed E-state index contributed by atoms with van der Waals surface area (Å²) in [6.07, 6.45) is 4.46. The Hall–Kier alpha value is -0.870. The van der Waals surface area contributed by atoms with Gasteiger partial charge in [-0.3, -0.25) is 9.88 Å². The van der Waals surface area contributed by atoms with Crippen LogP contribution in [0.25, 0.3) is 10.9 Å². The first kappa shape index (κ1) is 17.5. The molecule has 1 aliphatic rings. The molecule has 1 aromatic carbocycles. The van der Waals surface area contributed by atoms with Gasteiger partial charge in [0, 0.05) is 29.7 Å². The number of pyridine rings is 1. The molecule has 1 aromatic heterocycles. The standard InChI is InChI=1S/C17H22ClN3.ClH/c1-19-10-13-4-3-9-21(11-13)12-14-6-7-16(18)15-5-2-8-20-17(14)15;/h2,5-8,13,19H,3-4,9-12H2,1H3;1H. The van der Waals surface area contributed by atoms with E-state index in [9.17, 15) is 0 Å². The lowest BCUT2D eigenvalue weighted by atomic mass is 9.97. The summed E-state index contributed by atoms with van der Waals surface area (Å²) in [7, 11) is 2.04. The van der Waals surface area contributed by atoms with Gasteiger partial charge in [-0.25, -0.2) is 0 Å². The Morgan fingerprint density at radius 3 is 3.05 bits per heavy atom. The van der Waals surface area contributed by atoms with E-state index in [0.717, 1.165) is 41.5 Å². The maximum atomic E-state index is 6.27. The second kappa shape index (κ2) is 8.11. The predicted molar refractivity (Wildman–Crippen MR) is 95.9 cm³/mol. The molecule has 22 heavy (non-hydrogen) atoms. The maximum absolute atomic E-state index is 6.27. The SMILES string of the molecule is CNCC1CCCN(Cc2ccc(Cl)c3cccnc23)C1.Cl. The first-order valence-electron chi connectivity index (χ1n) is 7.67. The van der Waals surface area contributed by atoms with Gasteiger partial charge in [0.15, 0.2) is 0 Å². The van der Waals surface area contributed by atoms with Crippen LogP contribution in [0.15, 0.2) is 30.5 Å². The minimum atomic E-state index is 0. The Labute approximate surface area is 143 Å². The zero-order valence-corrected chi connectivity index (χ0v) is 14.5. The highest BCUT2D eigenvalue weighted by Crippen LogP contribution is 2.26. The number of nitrogens with zero attached hydrogens (tertiary/aromatic N) is 2. The molecule has 120 valence electrons. The van der Waals surface area contributed by atoms with E-state index in [4.69, 9.17) is 11.6 Å². The third kappa shape index (κ3) is 3.90.